The van der Waals surface area contributed by atoms with Gasteiger partial charge in [0.05, 0.1) is 12.2 Å². The monoisotopic (exact) mass is 340 g/mol. The average Bonchev–Trinajstić information content (AvgIpc) is 2.81. The van der Waals surface area contributed by atoms with E-state index in [1.165, 1.54) is 11.3 Å². The standard InChI is InChI=1S/C16H21FN2O3S/c1-2-22-16(21)13-11-7-10(18)3-4-12(11)23-15(13)19-14(20)8-5-9(17)6-8/h8-10H,2-7,18H2,1H3,(H,19,20)/t8?,9?,10-/m0/s1. The number of rotatable bonds is 4. The largest absolute Gasteiger partial charge is 0.462 e. The molecule has 1 fully saturated rings. The molecule has 0 aromatic carbocycles. The van der Waals surface area contributed by atoms with E-state index in [-0.39, 0.29) is 37.3 Å². The van der Waals surface area contributed by atoms with Crippen molar-refractivity contribution >= 4 is 28.2 Å². The number of hydrogen-bond acceptors (Lipinski definition) is 5. The van der Waals surface area contributed by atoms with Crippen LogP contribution in [0, 0.1) is 5.92 Å². The Kier molecular flexibility index (Phi) is 4.68. The Morgan fingerprint density at radius 2 is 2.17 bits per heavy atom. The van der Waals surface area contributed by atoms with Crippen LogP contribution in [0.4, 0.5) is 9.39 Å². The molecular weight excluding hydrogens is 319 g/mol. The van der Waals surface area contributed by atoms with E-state index in [1.807, 2.05) is 0 Å². The minimum absolute atomic E-state index is 0.0211. The quantitative estimate of drug-likeness (QED) is 0.825. The maximum absolute atomic E-state index is 12.9. The van der Waals surface area contributed by atoms with Crippen LogP contribution in [0.3, 0.4) is 0 Å². The molecule has 1 heterocycles. The third-order valence-corrected chi connectivity index (χ3v) is 5.67. The molecule has 126 valence electrons. The zero-order valence-corrected chi connectivity index (χ0v) is 13.9. The molecule has 0 unspecified atom stereocenters. The summed E-state index contributed by atoms with van der Waals surface area (Å²) >= 11 is 1.42. The lowest BCUT2D eigenvalue weighted by molar-refractivity contribution is -0.124. The van der Waals surface area contributed by atoms with Crippen molar-refractivity contribution < 1.29 is 18.7 Å². The number of fused-ring (bicyclic) bond motifs is 1. The number of thiophene rings is 1. The fourth-order valence-electron chi connectivity index (χ4n) is 3.09. The second-order valence-electron chi connectivity index (χ2n) is 6.19. The van der Waals surface area contributed by atoms with E-state index in [2.05, 4.69) is 5.32 Å². The Labute approximate surface area is 138 Å². The minimum Gasteiger partial charge on any atom is -0.462 e. The Morgan fingerprint density at radius 1 is 1.43 bits per heavy atom. The molecule has 23 heavy (non-hydrogen) atoms. The van der Waals surface area contributed by atoms with Gasteiger partial charge in [0.1, 0.15) is 11.2 Å². The zero-order chi connectivity index (χ0) is 16.6. The minimum atomic E-state index is -0.884. The fraction of sp³-hybridized carbons (Fsp3) is 0.625. The van der Waals surface area contributed by atoms with Gasteiger partial charge < -0.3 is 15.8 Å². The van der Waals surface area contributed by atoms with Crippen LogP contribution in [-0.2, 0) is 22.4 Å². The highest BCUT2D eigenvalue weighted by Crippen LogP contribution is 2.39. The SMILES string of the molecule is CCOC(=O)c1c(NC(=O)C2CC(F)C2)sc2c1C[C@@H](N)CC2. The molecule has 1 atom stereocenters. The van der Waals surface area contributed by atoms with E-state index in [0.29, 0.717) is 17.0 Å². The van der Waals surface area contributed by atoms with Crippen LogP contribution in [0.2, 0.25) is 0 Å². The maximum Gasteiger partial charge on any atom is 0.341 e. The van der Waals surface area contributed by atoms with E-state index in [4.69, 9.17) is 10.5 Å². The Morgan fingerprint density at radius 3 is 2.83 bits per heavy atom. The number of ether oxygens (including phenoxy) is 1. The van der Waals surface area contributed by atoms with Crippen molar-refractivity contribution in [3.8, 4) is 0 Å². The van der Waals surface area contributed by atoms with Gasteiger partial charge in [0, 0.05) is 16.8 Å². The predicted molar refractivity (Wildman–Crippen MR) is 86.5 cm³/mol. The number of carbonyl (C=O) groups is 2. The molecule has 2 aliphatic rings. The van der Waals surface area contributed by atoms with Crippen LogP contribution in [-0.4, -0.2) is 30.7 Å². The molecule has 1 aromatic rings. The summed E-state index contributed by atoms with van der Waals surface area (Å²) < 4.78 is 18.1. The van der Waals surface area contributed by atoms with Crippen LogP contribution in [0.15, 0.2) is 0 Å². The van der Waals surface area contributed by atoms with Gasteiger partial charge in [-0.15, -0.1) is 11.3 Å². The number of alkyl halides is 1. The highest BCUT2D eigenvalue weighted by Gasteiger charge is 2.36. The molecule has 0 saturated heterocycles. The normalized spacial score (nSPS) is 26.1. The highest BCUT2D eigenvalue weighted by molar-refractivity contribution is 7.17. The van der Waals surface area contributed by atoms with Crippen molar-refractivity contribution in [3.05, 3.63) is 16.0 Å². The molecule has 0 bridgehead atoms. The van der Waals surface area contributed by atoms with Crippen molar-refractivity contribution in [2.24, 2.45) is 11.7 Å². The average molecular weight is 340 g/mol. The molecule has 1 saturated carbocycles. The lowest BCUT2D eigenvalue weighted by atomic mass is 9.83. The summed E-state index contributed by atoms with van der Waals surface area (Å²) in [5.41, 5.74) is 7.36. The van der Waals surface area contributed by atoms with E-state index < -0.39 is 12.1 Å². The van der Waals surface area contributed by atoms with Crippen LogP contribution >= 0.6 is 11.3 Å². The van der Waals surface area contributed by atoms with E-state index in [9.17, 15) is 14.0 Å². The second kappa shape index (κ2) is 6.57. The molecule has 0 spiro atoms. The van der Waals surface area contributed by atoms with Gasteiger partial charge in [0.2, 0.25) is 5.91 Å². The van der Waals surface area contributed by atoms with Crippen molar-refractivity contribution in [3.63, 3.8) is 0 Å². The summed E-state index contributed by atoms with van der Waals surface area (Å²) in [6.07, 6.45) is 1.93. The molecule has 0 radical (unpaired) electrons. The molecule has 3 rings (SSSR count). The van der Waals surface area contributed by atoms with Crippen LogP contribution < -0.4 is 11.1 Å². The number of anilines is 1. The first kappa shape index (κ1) is 16.4. The fourth-order valence-corrected chi connectivity index (χ4v) is 4.33. The summed E-state index contributed by atoms with van der Waals surface area (Å²) in [6, 6.07) is 0.0211. The number of esters is 1. The van der Waals surface area contributed by atoms with Crippen molar-refractivity contribution in [2.45, 2.75) is 51.2 Å². The van der Waals surface area contributed by atoms with Gasteiger partial charge >= 0.3 is 5.97 Å². The molecule has 5 nitrogen and oxygen atoms in total. The van der Waals surface area contributed by atoms with Crippen molar-refractivity contribution in [2.75, 3.05) is 11.9 Å². The molecule has 2 aliphatic carbocycles. The first-order valence-electron chi connectivity index (χ1n) is 8.01. The first-order chi connectivity index (χ1) is 11.0. The summed E-state index contributed by atoms with van der Waals surface area (Å²) in [7, 11) is 0. The third kappa shape index (κ3) is 3.26. The number of nitrogens with one attached hydrogen (secondary N) is 1. The third-order valence-electron chi connectivity index (χ3n) is 4.47. The summed E-state index contributed by atoms with van der Waals surface area (Å²) in [4.78, 5) is 25.6. The molecular formula is C16H21FN2O3S. The number of hydrogen-bond donors (Lipinski definition) is 2. The summed E-state index contributed by atoms with van der Waals surface area (Å²) in [5.74, 6) is -0.944. The van der Waals surface area contributed by atoms with E-state index >= 15 is 0 Å². The van der Waals surface area contributed by atoms with Gasteiger partial charge in [-0.3, -0.25) is 4.79 Å². The number of halogens is 1. The number of carbonyl (C=O) groups excluding carboxylic acids is 2. The van der Waals surface area contributed by atoms with Crippen molar-refractivity contribution in [1.29, 1.82) is 0 Å². The summed E-state index contributed by atoms with van der Waals surface area (Å²) in [6.45, 7) is 2.02. The molecule has 1 amide bonds. The molecule has 0 aliphatic heterocycles. The van der Waals surface area contributed by atoms with Gasteiger partial charge in [-0.2, -0.15) is 0 Å². The first-order valence-corrected chi connectivity index (χ1v) is 8.83. The maximum atomic E-state index is 12.9. The highest BCUT2D eigenvalue weighted by atomic mass is 32.1. The number of amides is 1. The van der Waals surface area contributed by atoms with Crippen LogP contribution in [0.5, 0.6) is 0 Å². The topological polar surface area (TPSA) is 81.4 Å². The van der Waals surface area contributed by atoms with Gasteiger partial charge in [-0.05, 0) is 44.6 Å². The molecule has 7 heteroatoms. The second-order valence-corrected chi connectivity index (χ2v) is 7.29. The zero-order valence-electron chi connectivity index (χ0n) is 13.1. The smallest absolute Gasteiger partial charge is 0.341 e. The van der Waals surface area contributed by atoms with Gasteiger partial charge in [-0.25, -0.2) is 9.18 Å². The Bertz CT molecular complexity index is 625. The van der Waals surface area contributed by atoms with E-state index in [1.54, 1.807) is 6.92 Å². The van der Waals surface area contributed by atoms with Gasteiger partial charge in [-0.1, -0.05) is 0 Å². The number of aryl methyl sites for hydroxylation is 1. The Balaban J connectivity index is 1.86. The van der Waals surface area contributed by atoms with Crippen LogP contribution in [0.25, 0.3) is 0 Å². The lowest BCUT2D eigenvalue weighted by Gasteiger charge is -2.28. The Hall–Kier alpha value is -1.47. The molecule has 3 N–H and O–H groups in total. The van der Waals surface area contributed by atoms with Crippen LogP contribution in [0.1, 0.15) is 47.0 Å². The van der Waals surface area contributed by atoms with Gasteiger partial charge in [0.25, 0.3) is 0 Å². The number of nitrogens with two attached hydrogens (primary N) is 1. The molecule has 1 aromatic heterocycles. The van der Waals surface area contributed by atoms with Crippen molar-refractivity contribution in [1.82, 2.24) is 0 Å². The lowest BCUT2D eigenvalue weighted by Crippen LogP contribution is -2.35. The summed E-state index contributed by atoms with van der Waals surface area (Å²) in [5, 5.41) is 3.34. The predicted octanol–water partition coefficient (Wildman–Crippen LogP) is 2.43. The van der Waals surface area contributed by atoms with Gasteiger partial charge in [0.15, 0.2) is 0 Å². The van der Waals surface area contributed by atoms with E-state index in [0.717, 1.165) is 23.3 Å².